The van der Waals surface area contributed by atoms with Gasteiger partial charge in [0.1, 0.15) is 18.4 Å². The quantitative estimate of drug-likeness (QED) is 0.582. The molecule has 0 bridgehead atoms. The Balaban J connectivity index is 2.66. The van der Waals surface area contributed by atoms with E-state index in [1.165, 1.54) is 6.92 Å². The summed E-state index contributed by atoms with van der Waals surface area (Å²) in [5.41, 5.74) is -1.64. The van der Waals surface area contributed by atoms with E-state index >= 15 is 0 Å². The molecular weight excluding hydrogens is 195 g/mol. The van der Waals surface area contributed by atoms with Crippen molar-refractivity contribution in [1.82, 2.24) is 0 Å². The van der Waals surface area contributed by atoms with E-state index in [1.807, 2.05) is 0 Å². The summed E-state index contributed by atoms with van der Waals surface area (Å²) in [6.45, 7) is -0.600. The van der Waals surface area contributed by atoms with E-state index in [0.717, 1.165) is 0 Å². The number of aliphatic hydroxyl groups is 2. The fourth-order valence-electron chi connectivity index (χ4n) is 1.37. The van der Waals surface area contributed by atoms with Crippen LogP contribution >= 0.6 is 0 Å². The first-order chi connectivity index (χ1) is 6.55. The van der Waals surface area contributed by atoms with E-state index in [2.05, 4.69) is 0 Å². The molecule has 1 heterocycles. The molecule has 0 aliphatic carbocycles. The Hall–Kier alpha value is -0.720. The van der Waals surface area contributed by atoms with Gasteiger partial charge in [0.25, 0.3) is 0 Å². The lowest BCUT2D eigenvalue weighted by molar-refractivity contribution is -0.152. The van der Waals surface area contributed by atoms with Crippen LogP contribution in [0.15, 0.2) is 0 Å². The van der Waals surface area contributed by atoms with E-state index < -0.39 is 37.1 Å². The van der Waals surface area contributed by atoms with E-state index in [4.69, 9.17) is 14.6 Å². The van der Waals surface area contributed by atoms with Crippen molar-refractivity contribution in [2.75, 3.05) is 19.9 Å². The lowest BCUT2D eigenvalue weighted by Crippen LogP contribution is -2.49. The van der Waals surface area contributed by atoms with E-state index in [9.17, 15) is 14.3 Å². The van der Waals surface area contributed by atoms with Gasteiger partial charge < -0.3 is 19.7 Å². The Morgan fingerprint density at radius 3 is 2.79 bits per heavy atom. The number of ether oxygens (including phenoxy) is 2. The highest BCUT2D eigenvalue weighted by Gasteiger charge is 2.51. The summed E-state index contributed by atoms with van der Waals surface area (Å²) >= 11 is 0. The second-order valence-electron chi connectivity index (χ2n) is 3.26. The topological polar surface area (TPSA) is 76.0 Å². The summed E-state index contributed by atoms with van der Waals surface area (Å²) in [4.78, 5) is 10.6. The number of hydrogen-bond acceptors (Lipinski definition) is 5. The molecule has 5 nitrogen and oxygen atoms in total. The number of hydrogen-bond donors (Lipinski definition) is 2. The van der Waals surface area contributed by atoms with Gasteiger partial charge in [0.2, 0.25) is 0 Å². The number of aliphatic hydroxyl groups excluding tert-OH is 2. The largest absolute Gasteiger partial charge is 0.457 e. The van der Waals surface area contributed by atoms with Crippen molar-refractivity contribution in [1.29, 1.82) is 0 Å². The van der Waals surface area contributed by atoms with E-state index in [1.54, 1.807) is 0 Å². The normalized spacial score (nSPS) is 37.1. The summed E-state index contributed by atoms with van der Waals surface area (Å²) in [6, 6.07) is 0. The maximum atomic E-state index is 12.5. The first kappa shape index (κ1) is 11.4. The molecule has 1 aliphatic rings. The summed E-state index contributed by atoms with van der Waals surface area (Å²) in [5.74, 6) is -0.578. The molecule has 1 saturated heterocycles. The highest BCUT2D eigenvalue weighted by Crippen LogP contribution is 2.28. The summed E-state index contributed by atoms with van der Waals surface area (Å²) < 4.78 is 22.1. The number of carbonyl (C=O) groups excluding carboxylic acids is 1. The summed E-state index contributed by atoms with van der Waals surface area (Å²) in [5, 5.41) is 18.4. The molecule has 0 aromatic heterocycles. The van der Waals surface area contributed by atoms with Crippen molar-refractivity contribution < 1.29 is 28.9 Å². The van der Waals surface area contributed by atoms with Gasteiger partial charge in [-0.15, -0.1) is 0 Å². The van der Waals surface area contributed by atoms with Gasteiger partial charge in [-0.3, -0.25) is 4.79 Å². The molecule has 3 atom stereocenters. The average Bonchev–Trinajstić information content (AvgIpc) is 2.45. The van der Waals surface area contributed by atoms with Crippen molar-refractivity contribution >= 4 is 5.97 Å². The first-order valence-electron chi connectivity index (χ1n) is 4.22. The maximum Gasteiger partial charge on any atom is 0.303 e. The molecule has 2 N–H and O–H groups in total. The zero-order valence-corrected chi connectivity index (χ0v) is 7.77. The van der Waals surface area contributed by atoms with Crippen LogP contribution in [0.5, 0.6) is 0 Å². The zero-order chi connectivity index (χ0) is 10.8. The van der Waals surface area contributed by atoms with Crippen LogP contribution in [0.2, 0.25) is 0 Å². The number of alkyl halides is 1. The average molecular weight is 208 g/mol. The van der Waals surface area contributed by atoms with Gasteiger partial charge in [-0.1, -0.05) is 0 Å². The molecule has 0 aromatic rings. The van der Waals surface area contributed by atoms with Crippen LogP contribution in [0.4, 0.5) is 4.39 Å². The Kier molecular flexibility index (Phi) is 3.41. The Morgan fingerprint density at radius 2 is 2.43 bits per heavy atom. The minimum atomic E-state index is -1.64. The number of halogens is 1. The van der Waals surface area contributed by atoms with Crippen LogP contribution in [0.3, 0.4) is 0 Å². The van der Waals surface area contributed by atoms with Crippen LogP contribution < -0.4 is 0 Å². The van der Waals surface area contributed by atoms with Gasteiger partial charge >= 0.3 is 5.97 Å². The first-order valence-corrected chi connectivity index (χ1v) is 4.22. The maximum absolute atomic E-state index is 12.5. The zero-order valence-electron chi connectivity index (χ0n) is 7.77. The molecular formula is C8H13FO5. The second kappa shape index (κ2) is 4.20. The standard InChI is InChI=1S/C8H13FO5/c1-5(11)14-6-2-13-8(3-9,4-10)7(6)12/h6-7,10,12H,2-4H2,1H3/t6-,7-,8+/m0/s1. The number of esters is 1. The van der Waals surface area contributed by atoms with Gasteiger partial charge in [-0.05, 0) is 0 Å². The SMILES string of the molecule is CC(=O)O[C@H]1CO[C@@](CO)(CF)[C@H]1O. The molecule has 82 valence electrons. The monoisotopic (exact) mass is 208 g/mol. The van der Waals surface area contributed by atoms with Gasteiger partial charge in [0.05, 0.1) is 13.2 Å². The fourth-order valence-corrected chi connectivity index (χ4v) is 1.37. The molecule has 0 saturated carbocycles. The van der Waals surface area contributed by atoms with Crippen LogP contribution in [-0.4, -0.2) is 53.9 Å². The third-order valence-corrected chi connectivity index (χ3v) is 2.24. The third-order valence-electron chi connectivity index (χ3n) is 2.24. The lowest BCUT2D eigenvalue weighted by atomic mass is 9.98. The van der Waals surface area contributed by atoms with Gasteiger partial charge in [0, 0.05) is 6.92 Å². The molecule has 0 aromatic carbocycles. The molecule has 14 heavy (non-hydrogen) atoms. The highest BCUT2D eigenvalue weighted by molar-refractivity contribution is 5.66. The fraction of sp³-hybridized carbons (Fsp3) is 0.875. The molecule has 0 radical (unpaired) electrons. The van der Waals surface area contributed by atoms with Crippen molar-refractivity contribution in [2.24, 2.45) is 0 Å². The predicted molar refractivity (Wildman–Crippen MR) is 43.3 cm³/mol. The molecule has 1 aliphatic heterocycles. The second-order valence-corrected chi connectivity index (χ2v) is 3.26. The highest BCUT2D eigenvalue weighted by atomic mass is 19.1. The molecule has 1 rings (SSSR count). The van der Waals surface area contributed by atoms with Gasteiger partial charge in [-0.25, -0.2) is 4.39 Å². The van der Waals surface area contributed by atoms with E-state index in [-0.39, 0.29) is 6.61 Å². The third kappa shape index (κ3) is 1.87. The molecule has 0 unspecified atom stereocenters. The van der Waals surface area contributed by atoms with Gasteiger partial charge in [0.15, 0.2) is 6.10 Å². The van der Waals surface area contributed by atoms with Gasteiger partial charge in [-0.2, -0.15) is 0 Å². The molecule has 6 heteroatoms. The molecule has 0 amide bonds. The van der Waals surface area contributed by atoms with Crippen molar-refractivity contribution in [2.45, 2.75) is 24.7 Å². The minimum absolute atomic E-state index is 0.106. The number of carbonyl (C=O) groups is 1. The Bertz CT molecular complexity index is 216. The summed E-state index contributed by atoms with van der Waals surface area (Å²) in [6.07, 6.45) is -2.24. The smallest absolute Gasteiger partial charge is 0.303 e. The van der Waals surface area contributed by atoms with Crippen molar-refractivity contribution in [3.05, 3.63) is 0 Å². The lowest BCUT2D eigenvalue weighted by Gasteiger charge is -2.26. The van der Waals surface area contributed by atoms with E-state index in [0.29, 0.717) is 0 Å². The molecule has 1 fully saturated rings. The van der Waals surface area contributed by atoms with Crippen molar-refractivity contribution in [3.8, 4) is 0 Å². The number of rotatable bonds is 3. The van der Waals surface area contributed by atoms with Crippen molar-refractivity contribution in [3.63, 3.8) is 0 Å². The van der Waals surface area contributed by atoms with Crippen LogP contribution in [0, 0.1) is 0 Å². The Morgan fingerprint density at radius 1 is 1.79 bits per heavy atom. The minimum Gasteiger partial charge on any atom is -0.457 e. The van der Waals surface area contributed by atoms with Crippen LogP contribution in [-0.2, 0) is 14.3 Å². The molecule has 0 spiro atoms. The predicted octanol–water partition coefficient (Wildman–Crippen LogP) is -0.990. The van der Waals surface area contributed by atoms with Crippen LogP contribution in [0.25, 0.3) is 0 Å². The summed E-state index contributed by atoms with van der Waals surface area (Å²) in [7, 11) is 0. The Labute approximate surface area is 80.4 Å². The van der Waals surface area contributed by atoms with Crippen LogP contribution in [0.1, 0.15) is 6.92 Å².